The molecule has 5 rings (SSSR count). The molecular weight excluding hydrogens is 522 g/mol. The zero-order chi connectivity index (χ0) is 29.0. The largest absolute Gasteiger partial charge is 0.493 e. The van der Waals surface area contributed by atoms with Gasteiger partial charge in [-0.2, -0.15) is 10.2 Å². The minimum absolute atomic E-state index is 0.541. The summed E-state index contributed by atoms with van der Waals surface area (Å²) >= 11 is 0. The predicted molar refractivity (Wildman–Crippen MR) is 161 cm³/mol. The summed E-state index contributed by atoms with van der Waals surface area (Å²) in [7, 11) is 1.65. The molecule has 0 unspecified atom stereocenters. The van der Waals surface area contributed by atoms with E-state index in [1.807, 2.05) is 24.3 Å². The van der Waals surface area contributed by atoms with E-state index in [0.29, 0.717) is 48.9 Å². The lowest BCUT2D eigenvalue weighted by atomic mass is 10.2. The Bertz CT molecular complexity index is 1350. The van der Waals surface area contributed by atoms with Crippen molar-refractivity contribution in [1.29, 1.82) is 5.26 Å². The summed E-state index contributed by atoms with van der Waals surface area (Å²) in [4.78, 5) is 14.2. The molecule has 41 heavy (non-hydrogen) atoms. The van der Waals surface area contributed by atoms with E-state index in [9.17, 15) is 0 Å². The summed E-state index contributed by atoms with van der Waals surface area (Å²) < 4.78 is 22.9. The van der Waals surface area contributed by atoms with Gasteiger partial charge in [-0.1, -0.05) is 18.7 Å². The predicted octanol–water partition coefficient (Wildman–Crippen LogP) is 4.02. The number of nitrogens with one attached hydrogen (secondary N) is 2. The van der Waals surface area contributed by atoms with Crippen LogP contribution in [0.1, 0.15) is 12.5 Å². The second kappa shape index (κ2) is 15.0. The molecule has 218 valence electrons. The maximum absolute atomic E-state index is 7.32. The van der Waals surface area contributed by atoms with E-state index in [1.165, 1.54) is 6.92 Å². The van der Waals surface area contributed by atoms with Crippen LogP contribution >= 0.6 is 0 Å². The Morgan fingerprint density at radius 1 is 1.02 bits per heavy atom. The van der Waals surface area contributed by atoms with Crippen molar-refractivity contribution < 1.29 is 18.9 Å². The third-order valence-corrected chi connectivity index (χ3v) is 6.61. The number of hydrogen-bond donors (Lipinski definition) is 2. The van der Waals surface area contributed by atoms with Crippen LogP contribution in [0.4, 0.5) is 17.5 Å². The summed E-state index contributed by atoms with van der Waals surface area (Å²) in [5, 5.41) is 14.8. The van der Waals surface area contributed by atoms with Gasteiger partial charge >= 0.3 is 0 Å². The molecule has 0 spiro atoms. The highest BCUT2D eigenvalue weighted by atomic mass is 16.5. The summed E-state index contributed by atoms with van der Waals surface area (Å²) in [5.74, 6) is 3.16. The number of anilines is 3. The van der Waals surface area contributed by atoms with Crippen molar-refractivity contribution in [2.45, 2.75) is 13.8 Å². The van der Waals surface area contributed by atoms with Gasteiger partial charge in [-0.15, -0.1) is 0 Å². The second-order valence-corrected chi connectivity index (χ2v) is 9.62. The van der Waals surface area contributed by atoms with Crippen molar-refractivity contribution in [1.82, 2.24) is 14.9 Å². The number of nitrogens with zero attached hydrogens (tertiary/aromatic N) is 5. The minimum atomic E-state index is 0.541. The molecule has 0 atom stereocenters. The summed E-state index contributed by atoms with van der Waals surface area (Å²) in [6.45, 7) is 15.1. The van der Waals surface area contributed by atoms with Crippen LogP contribution in [-0.4, -0.2) is 87.7 Å². The average Bonchev–Trinajstić information content (AvgIpc) is 2.98. The minimum Gasteiger partial charge on any atom is -0.493 e. The van der Waals surface area contributed by atoms with E-state index in [0.717, 1.165) is 68.1 Å². The van der Waals surface area contributed by atoms with Gasteiger partial charge in [-0.3, -0.25) is 4.90 Å². The highest BCUT2D eigenvalue weighted by molar-refractivity contribution is 5.93. The number of aromatic nitrogens is 2. The molecule has 0 saturated carbocycles. The number of rotatable bonds is 10. The van der Waals surface area contributed by atoms with Gasteiger partial charge in [0, 0.05) is 56.8 Å². The van der Waals surface area contributed by atoms with Crippen LogP contribution in [0.15, 0.2) is 48.8 Å². The van der Waals surface area contributed by atoms with Crippen molar-refractivity contribution in [3.8, 4) is 17.6 Å². The SMILES string of the molecule is C=C(Nc1cccc(C)c1)Nc1nc(N2CCOCC2)nc2cc(OC)c(OCCN3CCOCC3)cc12.CC#N. The number of hydrogen-bond acceptors (Lipinski definition) is 11. The fourth-order valence-corrected chi connectivity index (χ4v) is 4.58. The third-order valence-electron chi connectivity index (χ3n) is 6.61. The van der Waals surface area contributed by atoms with Gasteiger partial charge in [0.2, 0.25) is 5.95 Å². The highest BCUT2D eigenvalue weighted by Crippen LogP contribution is 2.36. The molecule has 2 aliphatic rings. The van der Waals surface area contributed by atoms with E-state index < -0.39 is 0 Å². The smallest absolute Gasteiger partial charge is 0.228 e. The molecule has 0 amide bonds. The van der Waals surface area contributed by atoms with Crippen LogP contribution in [0.3, 0.4) is 0 Å². The molecule has 3 aromatic rings. The Labute approximate surface area is 241 Å². The number of fused-ring (bicyclic) bond motifs is 1. The molecule has 0 aliphatic carbocycles. The molecular formula is C30H39N7O4. The molecule has 2 N–H and O–H groups in total. The Morgan fingerprint density at radius 2 is 1.73 bits per heavy atom. The number of morpholine rings is 2. The number of methoxy groups -OCH3 is 1. The molecule has 0 bridgehead atoms. The van der Waals surface area contributed by atoms with Gasteiger partial charge in [0.25, 0.3) is 0 Å². The zero-order valence-electron chi connectivity index (χ0n) is 24.1. The Morgan fingerprint density at radius 3 is 2.41 bits per heavy atom. The molecule has 2 aliphatic heterocycles. The van der Waals surface area contributed by atoms with Gasteiger partial charge < -0.3 is 34.5 Å². The van der Waals surface area contributed by atoms with Gasteiger partial charge in [0.15, 0.2) is 11.5 Å². The third kappa shape index (κ3) is 8.44. The topological polar surface area (TPSA) is 117 Å². The Kier molecular flexibility index (Phi) is 11.0. The van der Waals surface area contributed by atoms with E-state index in [2.05, 4.69) is 46.1 Å². The molecule has 2 saturated heterocycles. The van der Waals surface area contributed by atoms with Crippen LogP contribution < -0.4 is 25.0 Å². The number of ether oxygens (including phenoxy) is 4. The average molecular weight is 562 g/mol. The zero-order valence-corrected chi connectivity index (χ0v) is 24.1. The van der Waals surface area contributed by atoms with Crippen molar-refractivity contribution in [3.05, 3.63) is 54.4 Å². The van der Waals surface area contributed by atoms with E-state index in [-0.39, 0.29) is 0 Å². The summed E-state index contributed by atoms with van der Waals surface area (Å²) in [6, 6.07) is 13.7. The van der Waals surface area contributed by atoms with E-state index in [4.69, 9.17) is 34.2 Å². The maximum Gasteiger partial charge on any atom is 0.228 e. The van der Waals surface area contributed by atoms with E-state index in [1.54, 1.807) is 13.2 Å². The first kappa shape index (κ1) is 29.9. The lowest BCUT2D eigenvalue weighted by Crippen LogP contribution is -2.38. The van der Waals surface area contributed by atoms with Crippen molar-refractivity contribution >= 4 is 28.4 Å². The van der Waals surface area contributed by atoms with Gasteiger partial charge in [-0.25, -0.2) is 4.98 Å². The van der Waals surface area contributed by atoms with E-state index >= 15 is 0 Å². The van der Waals surface area contributed by atoms with Crippen LogP contribution in [-0.2, 0) is 9.47 Å². The lowest BCUT2D eigenvalue weighted by Gasteiger charge is -2.28. The molecule has 11 heteroatoms. The van der Waals surface area contributed by atoms with Gasteiger partial charge in [0.1, 0.15) is 18.2 Å². The van der Waals surface area contributed by atoms with Crippen molar-refractivity contribution in [2.24, 2.45) is 0 Å². The first-order valence-electron chi connectivity index (χ1n) is 13.8. The van der Waals surface area contributed by atoms with Gasteiger partial charge in [0.05, 0.1) is 45.1 Å². The van der Waals surface area contributed by atoms with Crippen LogP contribution in [0.25, 0.3) is 10.9 Å². The van der Waals surface area contributed by atoms with Crippen LogP contribution in [0, 0.1) is 18.3 Å². The summed E-state index contributed by atoms with van der Waals surface area (Å²) in [6.07, 6.45) is 0. The molecule has 11 nitrogen and oxygen atoms in total. The van der Waals surface area contributed by atoms with Crippen molar-refractivity contribution in [3.63, 3.8) is 0 Å². The quantitative estimate of drug-likeness (QED) is 0.374. The number of benzene rings is 2. The second-order valence-electron chi connectivity index (χ2n) is 9.62. The fraction of sp³-hybridized carbons (Fsp3) is 0.433. The Balaban J connectivity index is 0.00000124. The monoisotopic (exact) mass is 561 g/mol. The number of aryl methyl sites for hydroxylation is 1. The standard InChI is InChI=1S/C28H36N6O4.C2H3N/c1-20-5-4-6-22(17-20)29-21(2)30-27-23-18-26(38-16-9-33-7-12-36-13-8-33)25(35-3)19-24(23)31-28(32-27)34-10-14-37-15-11-34;1-2-3/h4-6,17-19,29H,2,7-16H2,1,3H3,(H,30,31,32);1H3. The summed E-state index contributed by atoms with van der Waals surface area (Å²) in [5.41, 5.74) is 2.86. The lowest BCUT2D eigenvalue weighted by molar-refractivity contribution is 0.0321. The molecule has 0 radical (unpaired) electrons. The first-order valence-corrected chi connectivity index (χ1v) is 13.8. The normalized spacial score (nSPS) is 15.3. The molecule has 2 fully saturated rings. The highest BCUT2D eigenvalue weighted by Gasteiger charge is 2.20. The first-order chi connectivity index (χ1) is 20.0. The molecule has 1 aromatic heterocycles. The molecule has 3 heterocycles. The Hall–Kier alpha value is -4.11. The van der Waals surface area contributed by atoms with Crippen molar-refractivity contribution in [2.75, 3.05) is 88.4 Å². The van der Waals surface area contributed by atoms with Crippen LogP contribution in [0.5, 0.6) is 11.5 Å². The van der Waals surface area contributed by atoms with Crippen LogP contribution in [0.2, 0.25) is 0 Å². The molecule has 2 aromatic carbocycles. The maximum atomic E-state index is 7.32. The fourth-order valence-electron chi connectivity index (χ4n) is 4.58. The number of nitriles is 1. The van der Waals surface area contributed by atoms with Gasteiger partial charge in [-0.05, 0) is 30.7 Å².